The summed E-state index contributed by atoms with van der Waals surface area (Å²) in [6.45, 7) is 0. The molecular formula is C19H12N4O3S. The summed E-state index contributed by atoms with van der Waals surface area (Å²) in [6.07, 6.45) is 3.00. The van der Waals surface area contributed by atoms with Gasteiger partial charge in [-0.15, -0.1) is 0 Å². The minimum absolute atomic E-state index is 0.244. The predicted molar refractivity (Wildman–Crippen MR) is 101 cm³/mol. The summed E-state index contributed by atoms with van der Waals surface area (Å²) in [5, 5.41) is 0. The highest BCUT2D eigenvalue weighted by Gasteiger charge is 2.13. The van der Waals surface area contributed by atoms with Crippen molar-refractivity contribution in [3.63, 3.8) is 0 Å². The van der Waals surface area contributed by atoms with Gasteiger partial charge in [-0.05, 0) is 35.9 Å². The molecule has 2 aromatic carbocycles. The minimum atomic E-state index is -2.08. The molecule has 0 aliphatic rings. The zero-order chi connectivity index (χ0) is 18.4. The van der Waals surface area contributed by atoms with Crippen molar-refractivity contribution in [2.24, 2.45) is 0 Å². The number of nitrogens with zero attached hydrogens (tertiary/aromatic N) is 3. The highest BCUT2D eigenvalue weighted by atomic mass is 32.2. The van der Waals surface area contributed by atoms with Crippen molar-refractivity contribution >= 4 is 33.2 Å². The monoisotopic (exact) mass is 376 g/mol. The number of fused-ring (bicyclic) bond motifs is 2. The van der Waals surface area contributed by atoms with E-state index in [0.29, 0.717) is 22.8 Å². The Bertz CT molecular complexity index is 1290. The number of hydrogen-bond acceptors (Lipinski definition) is 5. The maximum absolute atomic E-state index is 11.3. The fourth-order valence-electron chi connectivity index (χ4n) is 2.93. The Balaban J connectivity index is 1.59. The van der Waals surface area contributed by atoms with Crippen molar-refractivity contribution in [2.45, 2.75) is 4.90 Å². The van der Waals surface area contributed by atoms with Gasteiger partial charge in [-0.3, -0.25) is 4.98 Å². The van der Waals surface area contributed by atoms with Gasteiger partial charge in [0.15, 0.2) is 22.5 Å². The molecule has 1 unspecified atom stereocenters. The number of rotatable bonds is 3. The van der Waals surface area contributed by atoms with Crippen molar-refractivity contribution in [2.75, 3.05) is 0 Å². The molecule has 5 aromatic rings. The van der Waals surface area contributed by atoms with Crippen LogP contribution in [0.15, 0.2) is 70.2 Å². The van der Waals surface area contributed by atoms with Crippen LogP contribution in [0.3, 0.4) is 0 Å². The van der Waals surface area contributed by atoms with E-state index in [-0.39, 0.29) is 4.90 Å². The van der Waals surface area contributed by atoms with Gasteiger partial charge in [-0.25, -0.2) is 14.2 Å². The summed E-state index contributed by atoms with van der Waals surface area (Å²) in [5.41, 5.74) is 4.58. The van der Waals surface area contributed by atoms with Gasteiger partial charge in [0.1, 0.15) is 5.52 Å². The van der Waals surface area contributed by atoms with Gasteiger partial charge >= 0.3 is 0 Å². The Morgan fingerprint density at radius 1 is 0.963 bits per heavy atom. The first-order chi connectivity index (χ1) is 13.2. The molecule has 0 radical (unpaired) electrons. The molecule has 7 nitrogen and oxygen atoms in total. The summed E-state index contributed by atoms with van der Waals surface area (Å²) in [5.74, 6) is 0.968. The second-order valence-corrected chi connectivity index (χ2v) is 6.93. The van der Waals surface area contributed by atoms with Crippen LogP contribution in [0.2, 0.25) is 0 Å². The van der Waals surface area contributed by atoms with E-state index in [4.69, 9.17) is 4.42 Å². The topological polar surface area (TPSA) is 105 Å². The van der Waals surface area contributed by atoms with E-state index in [1.54, 1.807) is 12.3 Å². The second kappa shape index (κ2) is 6.11. The smallest absolute Gasteiger partial charge is 0.264 e. The minimum Gasteiger partial charge on any atom is -0.434 e. The van der Waals surface area contributed by atoms with E-state index in [1.807, 2.05) is 42.5 Å². The highest BCUT2D eigenvalue weighted by Crippen LogP contribution is 2.28. The Hall–Kier alpha value is -3.36. The zero-order valence-electron chi connectivity index (χ0n) is 13.8. The number of aromatic nitrogens is 4. The Labute approximate surface area is 155 Å². The van der Waals surface area contributed by atoms with Gasteiger partial charge in [0.05, 0.1) is 15.9 Å². The van der Waals surface area contributed by atoms with E-state index in [1.165, 1.54) is 6.20 Å². The van der Waals surface area contributed by atoms with Crippen LogP contribution >= 0.6 is 0 Å². The standard InChI is InChI=1S/C19H12N4O3S/c24-27(25)13-7-12(9-20-10-13)11-5-6-16-17(8-11)26-19(23-16)18-21-14-3-1-2-4-15(14)22-18/h1-10H,(H,21,22)(H,24,25). The van der Waals surface area contributed by atoms with Crippen molar-refractivity contribution in [1.82, 2.24) is 19.9 Å². The molecule has 0 fully saturated rings. The van der Waals surface area contributed by atoms with Crippen molar-refractivity contribution in [3.05, 3.63) is 60.9 Å². The lowest BCUT2D eigenvalue weighted by molar-refractivity contribution is 0.564. The number of hydrogen-bond donors (Lipinski definition) is 2. The number of benzene rings is 2. The van der Waals surface area contributed by atoms with E-state index in [0.717, 1.165) is 22.2 Å². The van der Waals surface area contributed by atoms with Gasteiger partial charge in [0.2, 0.25) is 0 Å². The number of pyridine rings is 1. The van der Waals surface area contributed by atoms with Crippen molar-refractivity contribution < 1.29 is 13.2 Å². The molecule has 0 spiro atoms. The van der Waals surface area contributed by atoms with E-state index >= 15 is 0 Å². The summed E-state index contributed by atoms with van der Waals surface area (Å²) < 4.78 is 26.4. The zero-order valence-corrected chi connectivity index (χ0v) is 14.6. The number of aromatic amines is 1. The van der Waals surface area contributed by atoms with Crippen LogP contribution in [0.1, 0.15) is 0 Å². The van der Waals surface area contributed by atoms with Crippen LogP contribution in [0.4, 0.5) is 0 Å². The molecule has 0 aliphatic carbocycles. The number of oxazole rings is 1. The first-order valence-electron chi connectivity index (χ1n) is 8.09. The lowest BCUT2D eigenvalue weighted by atomic mass is 10.1. The average molecular weight is 376 g/mol. The van der Waals surface area contributed by atoms with Crippen LogP contribution < -0.4 is 0 Å². The molecule has 132 valence electrons. The maximum Gasteiger partial charge on any atom is 0.264 e. The molecule has 0 saturated carbocycles. The third-order valence-electron chi connectivity index (χ3n) is 4.23. The predicted octanol–water partition coefficient (Wildman–Crippen LogP) is 4.01. The molecule has 3 heterocycles. The Morgan fingerprint density at radius 2 is 1.85 bits per heavy atom. The molecule has 0 saturated heterocycles. The largest absolute Gasteiger partial charge is 0.434 e. The molecule has 0 amide bonds. The lowest BCUT2D eigenvalue weighted by Gasteiger charge is -2.02. The molecule has 27 heavy (non-hydrogen) atoms. The summed E-state index contributed by atoms with van der Waals surface area (Å²) in [7, 11) is 0. The molecular weight excluding hydrogens is 364 g/mol. The van der Waals surface area contributed by atoms with Crippen LogP contribution in [0, 0.1) is 0 Å². The van der Waals surface area contributed by atoms with Gasteiger partial charge in [-0.2, -0.15) is 0 Å². The molecule has 1 atom stereocenters. The average Bonchev–Trinajstić information content (AvgIpc) is 3.31. The second-order valence-electron chi connectivity index (χ2n) is 5.96. The van der Waals surface area contributed by atoms with Crippen LogP contribution in [-0.4, -0.2) is 28.7 Å². The van der Waals surface area contributed by atoms with Crippen LogP contribution in [-0.2, 0) is 11.1 Å². The fraction of sp³-hybridized carbons (Fsp3) is 0. The third-order valence-corrected chi connectivity index (χ3v) is 4.86. The fourth-order valence-corrected chi connectivity index (χ4v) is 3.31. The van der Waals surface area contributed by atoms with Crippen LogP contribution in [0.25, 0.3) is 45.0 Å². The quantitative estimate of drug-likeness (QED) is 0.461. The highest BCUT2D eigenvalue weighted by molar-refractivity contribution is 7.79. The maximum atomic E-state index is 11.3. The van der Waals surface area contributed by atoms with E-state index < -0.39 is 11.1 Å². The first-order valence-corrected chi connectivity index (χ1v) is 9.20. The molecule has 0 bridgehead atoms. The molecule has 8 heteroatoms. The van der Waals surface area contributed by atoms with Crippen molar-refractivity contribution in [3.8, 4) is 22.8 Å². The van der Waals surface area contributed by atoms with E-state index in [2.05, 4.69) is 19.9 Å². The SMILES string of the molecule is O=S(O)c1cncc(-c2ccc3nc(-c4nc5ccccc5[nH]4)oc3c2)c1. The number of imidazole rings is 1. The lowest BCUT2D eigenvalue weighted by Crippen LogP contribution is -1.90. The van der Waals surface area contributed by atoms with Gasteiger partial charge in [0, 0.05) is 18.0 Å². The van der Waals surface area contributed by atoms with Gasteiger partial charge in [-0.1, -0.05) is 18.2 Å². The van der Waals surface area contributed by atoms with Gasteiger partial charge < -0.3 is 14.0 Å². The van der Waals surface area contributed by atoms with Crippen molar-refractivity contribution in [1.29, 1.82) is 0 Å². The molecule has 5 rings (SSSR count). The first kappa shape index (κ1) is 15.9. The Morgan fingerprint density at radius 3 is 2.70 bits per heavy atom. The summed E-state index contributed by atoms with van der Waals surface area (Å²) >= 11 is -2.08. The summed E-state index contributed by atoms with van der Waals surface area (Å²) in [6, 6.07) is 14.9. The number of H-pyrrole nitrogens is 1. The summed E-state index contributed by atoms with van der Waals surface area (Å²) in [4.78, 5) is 16.5. The van der Waals surface area contributed by atoms with Crippen LogP contribution in [0.5, 0.6) is 0 Å². The Kier molecular flexibility index (Phi) is 3.59. The number of nitrogens with one attached hydrogen (secondary N) is 1. The molecule has 0 aliphatic heterocycles. The van der Waals surface area contributed by atoms with E-state index in [9.17, 15) is 8.76 Å². The van der Waals surface area contributed by atoms with Gasteiger partial charge in [0.25, 0.3) is 5.89 Å². The third kappa shape index (κ3) is 2.80. The number of para-hydroxylation sites is 2. The normalized spacial score (nSPS) is 12.6. The molecule has 2 N–H and O–H groups in total. The molecule has 3 aromatic heterocycles.